The van der Waals surface area contributed by atoms with Crippen LogP contribution in [0.25, 0.3) is 11.0 Å². The maximum absolute atomic E-state index is 13.8. The third-order valence-corrected chi connectivity index (χ3v) is 6.22. The highest BCUT2D eigenvalue weighted by Gasteiger charge is 2.42. The standard InChI is InChI=1S/C25H24N4O5/c1-25(2,3)34-24(31)29-9-8-15-21(23(29)30)19(13-4-7-17-18(10-13)33-12-32-17)20-14(28-15)5-6-16-22(20)27-11-26-16/h4-7,10-11,19,28H,8-9,12H2,1-3H3,(H,26,27). The number of imide groups is 1. The van der Waals surface area contributed by atoms with Gasteiger partial charge in [-0.25, -0.2) is 14.7 Å². The molecule has 34 heavy (non-hydrogen) atoms. The van der Waals surface area contributed by atoms with E-state index < -0.39 is 17.6 Å². The number of carbonyl (C=O) groups is 2. The van der Waals surface area contributed by atoms with Gasteiger partial charge in [-0.15, -0.1) is 0 Å². The molecule has 0 saturated carbocycles. The fourth-order valence-corrected chi connectivity index (χ4v) is 4.82. The molecule has 2 N–H and O–H groups in total. The number of benzene rings is 2. The van der Waals surface area contributed by atoms with Gasteiger partial charge < -0.3 is 24.5 Å². The molecule has 4 heterocycles. The van der Waals surface area contributed by atoms with Gasteiger partial charge in [-0.1, -0.05) is 6.07 Å². The van der Waals surface area contributed by atoms with Crippen LogP contribution < -0.4 is 14.8 Å². The summed E-state index contributed by atoms with van der Waals surface area (Å²) in [6, 6.07) is 9.64. The lowest BCUT2D eigenvalue weighted by molar-refractivity contribution is -0.127. The number of amides is 2. The van der Waals surface area contributed by atoms with Gasteiger partial charge in [-0.05, 0) is 50.6 Å². The first-order chi connectivity index (χ1) is 16.3. The fourth-order valence-electron chi connectivity index (χ4n) is 4.82. The minimum Gasteiger partial charge on any atom is -0.454 e. The highest BCUT2D eigenvalue weighted by Crippen LogP contribution is 2.48. The van der Waals surface area contributed by atoms with Crippen LogP contribution in [0.3, 0.4) is 0 Å². The SMILES string of the molecule is CC(C)(C)OC(=O)N1CCC2=C(C1=O)C(c1ccc3c(c1)OCO3)c1c(ccc3[nH]cnc13)N2. The first-order valence-corrected chi connectivity index (χ1v) is 11.2. The molecule has 174 valence electrons. The molecular formula is C25H24N4O5. The molecule has 9 nitrogen and oxygen atoms in total. The number of rotatable bonds is 1. The van der Waals surface area contributed by atoms with Crippen molar-refractivity contribution in [1.82, 2.24) is 14.9 Å². The minimum atomic E-state index is -0.707. The quantitative estimate of drug-likeness (QED) is 0.559. The molecule has 0 fully saturated rings. The lowest BCUT2D eigenvalue weighted by Gasteiger charge is -2.38. The molecule has 0 bridgehead atoms. The Bertz CT molecular complexity index is 1380. The molecular weight excluding hydrogens is 436 g/mol. The average Bonchev–Trinajstić information content (AvgIpc) is 3.45. The van der Waals surface area contributed by atoms with Crippen molar-refractivity contribution in [3.63, 3.8) is 0 Å². The number of nitrogens with one attached hydrogen (secondary N) is 2. The first-order valence-electron chi connectivity index (χ1n) is 11.2. The van der Waals surface area contributed by atoms with Crippen LogP contribution in [-0.4, -0.2) is 45.8 Å². The molecule has 3 aliphatic heterocycles. The van der Waals surface area contributed by atoms with E-state index in [2.05, 4.69) is 15.3 Å². The van der Waals surface area contributed by atoms with Crippen molar-refractivity contribution in [3.8, 4) is 11.5 Å². The summed E-state index contributed by atoms with van der Waals surface area (Å²) in [5.41, 5.74) is 4.85. The lowest BCUT2D eigenvalue weighted by atomic mass is 9.78. The zero-order valence-electron chi connectivity index (χ0n) is 19.1. The molecule has 0 aliphatic carbocycles. The van der Waals surface area contributed by atoms with E-state index >= 15 is 0 Å². The van der Waals surface area contributed by atoms with Crippen molar-refractivity contribution in [2.45, 2.75) is 38.7 Å². The van der Waals surface area contributed by atoms with E-state index in [4.69, 9.17) is 14.2 Å². The molecule has 1 atom stereocenters. The number of ether oxygens (including phenoxy) is 3. The molecule has 2 amide bonds. The molecule has 2 aromatic carbocycles. The number of anilines is 1. The van der Waals surface area contributed by atoms with Crippen molar-refractivity contribution in [3.05, 3.63) is 59.1 Å². The first kappa shape index (κ1) is 20.6. The van der Waals surface area contributed by atoms with Crippen LogP contribution in [0.5, 0.6) is 11.5 Å². The van der Waals surface area contributed by atoms with Gasteiger partial charge in [0.05, 0.1) is 17.4 Å². The van der Waals surface area contributed by atoms with Gasteiger partial charge in [-0.2, -0.15) is 0 Å². The number of aromatic amines is 1. The van der Waals surface area contributed by atoms with Crippen LogP contribution in [0.2, 0.25) is 0 Å². The Morgan fingerprint density at radius 3 is 2.82 bits per heavy atom. The van der Waals surface area contributed by atoms with Crippen LogP contribution in [0.1, 0.15) is 44.2 Å². The molecule has 1 aromatic heterocycles. The number of H-pyrrole nitrogens is 1. The second kappa shape index (κ2) is 7.24. The Morgan fingerprint density at radius 1 is 1.18 bits per heavy atom. The van der Waals surface area contributed by atoms with E-state index in [1.807, 2.05) is 30.3 Å². The number of aromatic nitrogens is 2. The summed E-state index contributed by atoms with van der Waals surface area (Å²) in [4.78, 5) is 35.6. The van der Waals surface area contributed by atoms with Crippen LogP contribution in [-0.2, 0) is 9.53 Å². The van der Waals surface area contributed by atoms with Crippen molar-refractivity contribution in [1.29, 1.82) is 0 Å². The minimum absolute atomic E-state index is 0.157. The zero-order valence-corrected chi connectivity index (χ0v) is 19.1. The normalized spacial score (nSPS) is 19.1. The highest BCUT2D eigenvalue weighted by molar-refractivity contribution is 6.07. The summed E-state index contributed by atoms with van der Waals surface area (Å²) >= 11 is 0. The van der Waals surface area contributed by atoms with E-state index in [0.717, 1.165) is 33.5 Å². The molecule has 0 radical (unpaired) electrons. The van der Waals surface area contributed by atoms with Crippen molar-refractivity contribution < 1.29 is 23.8 Å². The van der Waals surface area contributed by atoms with Gasteiger partial charge in [-0.3, -0.25) is 4.79 Å². The second-order valence-electron chi connectivity index (χ2n) is 9.58. The molecule has 0 spiro atoms. The number of hydrogen-bond donors (Lipinski definition) is 2. The topological polar surface area (TPSA) is 106 Å². The Hall–Kier alpha value is -4.01. The Morgan fingerprint density at radius 2 is 2.00 bits per heavy atom. The Balaban J connectivity index is 1.51. The zero-order chi connectivity index (χ0) is 23.6. The predicted octanol–water partition coefficient (Wildman–Crippen LogP) is 4.27. The summed E-state index contributed by atoms with van der Waals surface area (Å²) < 4.78 is 16.6. The molecule has 6 rings (SSSR count). The maximum atomic E-state index is 13.8. The van der Waals surface area contributed by atoms with Crippen molar-refractivity contribution in [2.24, 2.45) is 0 Å². The predicted molar refractivity (Wildman–Crippen MR) is 124 cm³/mol. The van der Waals surface area contributed by atoms with E-state index in [9.17, 15) is 9.59 Å². The molecule has 1 unspecified atom stereocenters. The summed E-state index contributed by atoms with van der Waals surface area (Å²) in [7, 11) is 0. The Labute approximate surface area is 195 Å². The number of hydrogen-bond acceptors (Lipinski definition) is 7. The second-order valence-corrected chi connectivity index (χ2v) is 9.58. The van der Waals surface area contributed by atoms with Gasteiger partial charge in [0.2, 0.25) is 6.79 Å². The summed E-state index contributed by atoms with van der Waals surface area (Å²) in [5.74, 6) is 0.464. The molecule has 3 aromatic rings. The third-order valence-electron chi connectivity index (χ3n) is 6.22. The van der Waals surface area contributed by atoms with E-state index in [0.29, 0.717) is 23.5 Å². The monoisotopic (exact) mass is 460 g/mol. The summed E-state index contributed by atoms with van der Waals surface area (Å²) in [6.45, 7) is 5.75. The van der Waals surface area contributed by atoms with E-state index in [-0.39, 0.29) is 19.2 Å². The number of imidazole rings is 1. The van der Waals surface area contributed by atoms with Crippen LogP contribution in [0, 0.1) is 0 Å². The molecule has 3 aliphatic rings. The Kier molecular flexibility index (Phi) is 4.39. The van der Waals surface area contributed by atoms with Crippen LogP contribution >= 0.6 is 0 Å². The van der Waals surface area contributed by atoms with Crippen molar-refractivity contribution >= 4 is 28.7 Å². The molecule has 0 saturated heterocycles. The van der Waals surface area contributed by atoms with Crippen LogP contribution in [0.4, 0.5) is 10.5 Å². The number of carbonyl (C=O) groups excluding carboxylic acids is 2. The lowest BCUT2D eigenvalue weighted by Crippen LogP contribution is -2.47. The summed E-state index contributed by atoms with van der Waals surface area (Å²) in [5, 5.41) is 3.44. The third kappa shape index (κ3) is 3.19. The average molecular weight is 460 g/mol. The van der Waals surface area contributed by atoms with E-state index in [1.54, 1.807) is 27.1 Å². The summed E-state index contributed by atoms with van der Waals surface area (Å²) in [6.07, 6.45) is 1.50. The van der Waals surface area contributed by atoms with Crippen LogP contribution in [0.15, 0.2) is 47.9 Å². The van der Waals surface area contributed by atoms with Gasteiger partial charge in [0, 0.05) is 41.4 Å². The van der Waals surface area contributed by atoms with Gasteiger partial charge in [0.1, 0.15) is 5.60 Å². The number of fused-ring (bicyclic) bond motifs is 4. The van der Waals surface area contributed by atoms with Crippen molar-refractivity contribution in [2.75, 3.05) is 18.7 Å². The molecule has 9 heteroatoms. The fraction of sp³-hybridized carbons (Fsp3) is 0.320. The smallest absolute Gasteiger partial charge is 0.417 e. The van der Waals surface area contributed by atoms with Gasteiger partial charge in [0.25, 0.3) is 5.91 Å². The van der Waals surface area contributed by atoms with Gasteiger partial charge >= 0.3 is 6.09 Å². The highest BCUT2D eigenvalue weighted by atomic mass is 16.7. The maximum Gasteiger partial charge on any atom is 0.417 e. The van der Waals surface area contributed by atoms with E-state index in [1.165, 1.54) is 4.90 Å². The largest absolute Gasteiger partial charge is 0.454 e. The number of nitrogens with zero attached hydrogens (tertiary/aromatic N) is 2. The van der Waals surface area contributed by atoms with Gasteiger partial charge in [0.15, 0.2) is 11.5 Å².